The molecule has 0 radical (unpaired) electrons. The van der Waals surface area contributed by atoms with E-state index in [-0.39, 0.29) is 0 Å². The Kier molecular flexibility index (Phi) is 5.27. The summed E-state index contributed by atoms with van der Waals surface area (Å²) in [5, 5.41) is 6.70. The summed E-state index contributed by atoms with van der Waals surface area (Å²) in [7, 11) is 2.15. The summed E-state index contributed by atoms with van der Waals surface area (Å²) in [6.45, 7) is 4.68. The Hall–Kier alpha value is -2.33. The highest BCUT2D eigenvalue weighted by molar-refractivity contribution is 5.79. The van der Waals surface area contributed by atoms with Gasteiger partial charge < -0.3 is 9.64 Å². The van der Waals surface area contributed by atoms with Gasteiger partial charge in [-0.25, -0.2) is 0 Å². The van der Waals surface area contributed by atoms with E-state index in [1.807, 2.05) is 42.6 Å². The number of hydrogen-bond acceptors (Lipinski definition) is 4. The maximum atomic E-state index is 5.86. The third-order valence-corrected chi connectivity index (χ3v) is 3.96. The van der Waals surface area contributed by atoms with Crippen LogP contribution in [0, 0.1) is 0 Å². The molecule has 4 nitrogen and oxygen atoms in total. The van der Waals surface area contributed by atoms with E-state index in [1.165, 1.54) is 5.56 Å². The van der Waals surface area contributed by atoms with E-state index in [9.17, 15) is 0 Å². The van der Waals surface area contributed by atoms with Crippen LogP contribution >= 0.6 is 0 Å². The van der Waals surface area contributed by atoms with Crippen LogP contribution in [-0.2, 0) is 6.61 Å². The van der Waals surface area contributed by atoms with Crippen LogP contribution in [0.4, 0.5) is 0 Å². The summed E-state index contributed by atoms with van der Waals surface area (Å²) in [6, 6.07) is 18.3. The minimum Gasteiger partial charge on any atom is -0.489 e. The van der Waals surface area contributed by atoms with Crippen molar-refractivity contribution in [2.75, 3.05) is 33.2 Å². The van der Waals surface area contributed by atoms with Gasteiger partial charge >= 0.3 is 0 Å². The molecule has 2 aromatic rings. The first-order valence-electron chi connectivity index (χ1n) is 8.04. The number of likely N-dealkylation sites (N-methyl/N-ethyl adjacent to an activating group) is 1. The van der Waals surface area contributed by atoms with E-state index < -0.39 is 0 Å². The molecular weight excluding hydrogens is 286 g/mol. The fourth-order valence-corrected chi connectivity index (χ4v) is 2.49. The van der Waals surface area contributed by atoms with Gasteiger partial charge in [-0.15, -0.1) is 0 Å². The summed E-state index contributed by atoms with van der Waals surface area (Å²) in [4.78, 5) is 2.32. The molecule has 0 saturated carbocycles. The zero-order valence-electron chi connectivity index (χ0n) is 13.6. The number of hydrazone groups is 1. The maximum Gasteiger partial charge on any atom is 0.120 e. The normalized spacial score (nSPS) is 16.0. The highest BCUT2D eigenvalue weighted by Crippen LogP contribution is 2.14. The summed E-state index contributed by atoms with van der Waals surface area (Å²) < 4.78 is 5.86. The van der Waals surface area contributed by atoms with E-state index in [0.717, 1.165) is 37.5 Å². The van der Waals surface area contributed by atoms with E-state index in [0.29, 0.717) is 6.61 Å². The van der Waals surface area contributed by atoms with Crippen molar-refractivity contribution in [2.45, 2.75) is 6.61 Å². The average Bonchev–Trinajstić information content (AvgIpc) is 2.61. The highest BCUT2D eigenvalue weighted by atomic mass is 16.5. The minimum atomic E-state index is 0.583. The Bertz CT molecular complexity index is 634. The number of benzene rings is 2. The summed E-state index contributed by atoms with van der Waals surface area (Å²) in [6.07, 6.45) is 1.92. The fraction of sp³-hybridized carbons (Fsp3) is 0.316. The van der Waals surface area contributed by atoms with Gasteiger partial charge in [0.25, 0.3) is 0 Å². The molecule has 2 aromatic carbocycles. The molecule has 0 unspecified atom stereocenters. The first kappa shape index (κ1) is 15.6. The van der Waals surface area contributed by atoms with Crippen molar-refractivity contribution in [3.05, 3.63) is 65.7 Å². The zero-order chi connectivity index (χ0) is 15.9. The van der Waals surface area contributed by atoms with Crippen LogP contribution in [0.15, 0.2) is 59.7 Å². The van der Waals surface area contributed by atoms with E-state index in [2.05, 4.69) is 40.3 Å². The Morgan fingerprint density at radius 1 is 1.00 bits per heavy atom. The lowest BCUT2D eigenvalue weighted by Gasteiger charge is -2.30. The van der Waals surface area contributed by atoms with Gasteiger partial charge in [-0.3, -0.25) is 5.01 Å². The van der Waals surface area contributed by atoms with Gasteiger partial charge in [0.15, 0.2) is 0 Å². The van der Waals surface area contributed by atoms with Crippen LogP contribution in [0.1, 0.15) is 11.1 Å². The van der Waals surface area contributed by atoms with Crippen molar-refractivity contribution in [3.63, 3.8) is 0 Å². The predicted molar refractivity (Wildman–Crippen MR) is 93.9 cm³/mol. The lowest BCUT2D eigenvalue weighted by molar-refractivity contribution is 0.159. The van der Waals surface area contributed by atoms with E-state index in [4.69, 9.17) is 4.74 Å². The van der Waals surface area contributed by atoms with Crippen LogP contribution in [0.5, 0.6) is 5.75 Å². The molecule has 1 saturated heterocycles. The molecule has 1 fully saturated rings. The summed E-state index contributed by atoms with van der Waals surface area (Å²) in [5.74, 6) is 0.871. The van der Waals surface area contributed by atoms with Crippen LogP contribution in [-0.4, -0.2) is 49.4 Å². The highest BCUT2D eigenvalue weighted by Gasteiger charge is 2.10. The third-order valence-electron chi connectivity index (χ3n) is 3.96. The van der Waals surface area contributed by atoms with Gasteiger partial charge in [0, 0.05) is 26.2 Å². The Morgan fingerprint density at radius 3 is 2.57 bits per heavy atom. The molecule has 23 heavy (non-hydrogen) atoms. The van der Waals surface area contributed by atoms with Gasteiger partial charge in [0.2, 0.25) is 0 Å². The molecule has 0 amide bonds. The molecule has 1 aliphatic rings. The van der Waals surface area contributed by atoms with Gasteiger partial charge in [0.05, 0.1) is 6.21 Å². The van der Waals surface area contributed by atoms with Crippen molar-refractivity contribution >= 4 is 6.21 Å². The molecule has 4 heteroatoms. The van der Waals surface area contributed by atoms with Crippen LogP contribution in [0.25, 0.3) is 0 Å². The Labute approximate surface area is 138 Å². The number of ether oxygens (including phenoxy) is 1. The average molecular weight is 309 g/mol. The van der Waals surface area contributed by atoms with Crippen molar-refractivity contribution in [2.24, 2.45) is 5.10 Å². The van der Waals surface area contributed by atoms with Crippen molar-refractivity contribution in [1.82, 2.24) is 9.91 Å². The molecule has 1 heterocycles. The Morgan fingerprint density at radius 2 is 1.78 bits per heavy atom. The monoisotopic (exact) mass is 309 g/mol. The fourth-order valence-electron chi connectivity index (χ4n) is 2.49. The number of piperazine rings is 1. The predicted octanol–water partition coefficient (Wildman–Crippen LogP) is 2.85. The second-order valence-electron chi connectivity index (χ2n) is 5.85. The molecule has 0 aromatic heterocycles. The lowest BCUT2D eigenvalue weighted by Crippen LogP contribution is -2.41. The smallest absolute Gasteiger partial charge is 0.120 e. The largest absolute Gasteiger partial charge is 0.489 e. The Balaban J connectivity index is 1.56. The quantitative estimate of drug-likeness (QED) is 0.795. The summed E-state index contributed by atoms with van der Waals surface area (Å²) >= 11 is 0. The van der Waals surface area contributed by atoms with Gasteiger partial charge in [-0.05, 0) is 30.3 Å². The topological polar surface area (TPSA) is 28.1 Å². The molecule has 0 atom stereocenters. The minimum absolute atomic E-state index is 0.583. The first-order valence-corrected chi connectivity index (χ1v) is 8.04. The van der Waals surface area contributed by atoms with Crippen LogP contribution in [0.2, 0.25) is 0 Å². The summed E-state index contributed by atoms with van der Waals surface area (Å²) in [5.41, 5.74) is 2.23. The molecular formula is C19H23N3O. The van der Waals surface area contributed by atoms with Crippen LogP contribution < -0.4 is 4.74 Å². The molecule has 120 valence electrons. The van der Waals surface area contributed by atoms with Crippen LogP contribution in [0.3, 0.4) is 0 Å². The van der Waals surface area contributed by atoms with E-state index >= 15 is 0 Å². The molecule has 0 bridgehead atoms. The second kappa shape index (κ2) is 7.79. The number of nitrogens with zero attached hydrogens (tertiary/aromatic N) is 3. The SMILES string of the molecule is CN1CCN(/N=C/c2cccc(OCc3ccccc3)c2)CC1. The third kappa shape index (κ3) is 4.83. The lowest BCUT2D eigenvalue weighted by atomic mass is 10.2. The first-order chi connectivity index (χ1) is 11.3. The van der Waals surface area contributed by atoms with Crippen molar-refractivity contribution in [3.8, 4) is 5.75 Å². The van der Waals surface area contributed by atoms with Crippen molar-refractivity contribution < 1.29 is 4.74 Å². The number of hydrogen-bond donors (Lipinski definition) is 0. The standard InChI is InChI=1S/C19H23N3O/c1-21-10-12-22(13-11-21)20-15-18-8-5-9-19(14-18)23-16-17-6-3-2-4-7-17/h2-9,14-15H,10-13,16H2,1H3/b20-15+. The molecule has 3 rings (SSSR count). The zero-order valence-corrected chi connectivity index (χ0v) is 13.6. The van der Waals surface area contributed by atoms with Crippen molar-refractivity contribution in [1.29, 1.82) is 0 Å². The molecule has 0 spiro atoms. The number of rotatable bonds is 5. The van der Waals surface area contributed by atoms with Gasteiger partial charge in [-0.1, -0.05) is 42.5 Å². The molecule has 0 aliphatic carbocycles. The van der Waals surface area contributed by atoms with E-state index in [1.54, 1.807) is 0 Å². The van der Waals surface area contributed by atoms with Gasteiger partial charge in [0.1, 0.15) is 12.4 Å². The second-order valence-corrected chi connectivity index (χ2v) is 5.85. The molecule has 1 aliphatic heterocycles. The molecule has 0 N–H and O–H groups in total. The van der Waals surface area contributed by atoms with Gasteiger partial charge in [-0.2, -0.15) is 5.10 Å². The maximum absolute atomic E-state index is 5.86.